The molecule has 0 heterocycles. The molecule has 0 amide bonds. The van der Waals surface area contributed by atoms with E-state index < -0.39 is 0 Å². The normalized spacial score (nSPS) is 22.9. The van der Waals surface area contributed by atoms with Crippen LogP contribution >= 0.6 is 0 Å². The van der Waals surface area contributed by atoms with Crippen LogP contribution in [0.4, 0.5) is 0 Å². The summed E-state index contributed by atoms with van der Waals surface area (Å²) in [5.41, 5.74) is 0. The van der Waals surface area contributed by atoms with E-state index in [0.29, 0.717) is 13.1 Å². The zero-order valence-electron chi connectivity index (χ0n) is 10.9. The third kappa shape index (κ3) is 5.90. The Bertz CT molecular complexity index is 286. The number of carbonyl (C=O) groups excluding carboxylic acids is 2. The summed E-state index contributed by atoms with van der Waals surface area (Å²) in [6, 6.07) is 0. The second-order valence-corrected chi connectivity index (χ2v) is 5.04. The van der Waals surface area contributed by atoms with Gasteiger partial charge in [-0.2, -0.15) is 0 Å². The molecule has 100 valence electrons. The highest BCUT2D eigenvalue weighted by Gasteiger charge is 2.23. The number of hydrogen-bond donors (Lipinski definition) is 0. The van der Waals surface area contributed by atoms with Crippen LogP contribution in [0.3, 0.4) is 0 Å². The Balaban J connectivity index is 2.27. The molecule has 0 aromatic carbocycles. The molecule has 4 nitrogen and oxygen atoms in total. The Labute approximate surface area is 109 Å². The molecule has 0 aromatic heterocycles. The highest BCUT2D eigenvalue weighted by Crippen LogP contribution is 2.35. The fourth-order valence-electron chi connectivity index (χ4n) is 3.00. The molecule has 18 heavy (non-hydrogen) atoms. The maximum absolute atomic E-state index is 9.99. The maximum Gasteiger partial charge on any atom is 0.234 e. The number of isocyanates is 2. The van der Waals surface area contributed by atoms with Crippen molar-refractivity contribution in [2.24, 2.45) is 21.8 Å². The quantitative estimate of drug-likeness (QED) is 0.377. The predicted molar refractivity (Wildman–Crippen MR) is 69.9 cm³/mol. The van der Waals surface area contributed by atoms with Crippen molar-refractivity contribution in [3.63, 3.8) is 0 Å². The van der Waals surface area contributed by atoms with Crippen LogP contribution in [0, 0.1) is 11.8 Å². The topological polar surface area (TPSA) is 58.9 Å². The largest absolute Gasteiger partial charge is 0.234 e. The van der Waals surface area contributed by atoms with Crippen molar-refractivity contribution in [3.8, 4) is 0 Å². The van der Waals surface area contributed by atoms with Gasteiger partial charge in [0.05, 0.1) is 13.1 Å². The highest BCUT2D eigenvalue weighted by atomic mass is 16.1. The van der Waals surface area contributed by atoms with E-state index in [-0.39, 0.29) is 0 Å². The molecule has 0 bridgehead atoms. The highest BCUT2D eigenvalue weighted by molar-refractivity contribution is 5.32. The molecule has 1 fully saturated rings. The average molecular weight is 250 g/mol. The molecule has 0 aliphatic heterocycles. The van der Waals surface area contributed by atoms with Crippen molar-refractivity contribution in [1.82, 2.24) is 0 Å². The van der Waals surface area contributed by atoms with Gasteiger partial charge in [0.1, 0.15) is 0 Å². The van der Waals surface area contributed by atoms with E-state index in [1.807, 2.05) is 0 Å². The second-order valence-electron chi connectivity index (χ2n) is 5.04. The van der Waals surface area contributed by atoms with E-state index in [2.05, 4.69) is 9.98 Å². The van der Waals surface area contributed by atoms with Gasteiger partial charge in [0, 0.05) is 0 Å². The monoisotopic (exact) mass is 250 g/mol. The minimum atomic E-state index is 0.613. The molecule has 1 aliphatic carbocycles. The van der Waals surface area contributed by atoms with E-state index in [1.165, 1.54) is 25.7 Å². The van der Waals surface area contributed by atoms with Crippen molar-refractivity contribution >= 4 is 12.2 Å². The molecule has 0 radical (unpaired) electrons. The first-order valence-electron chi connectivity index (χ1n) is 6.95. The van der Waals surface area contributed by atoms with Gasteiger partial charge in [-0.25, -0.2) is 19.6 Å². The van der Waals surface area contributed by atoms with Crippen LogP contribution in [0.15, 0.2) is 9.98 Å². The van der Waals surface area contributed by atoms with Gasteiger partial charge >= 0.3 is 0 Å². The second kappa shape index (κ2) is 9.76. The minimum Gasteiger partial charge on any atom is -0.211 e. The molecule has 0 aromatic rings. The zero-order chi connectivity index (χ0) is 13.1. The lowest BCUT2D eigenvalue weighted by Crippen LogP contribution is -2.20. The van der Waals surface area contributed by atoms with Crippen molar-refractivity contribution < 1.29 is 9.59 Å². The first-order chi connectivity index (χ1) is 8.88. The molecule has 4 heteroatoms. The fraction of sp³-hybridized carbons (Fsp3) is 0.857. The molecular formula is C14H22N2O2. The molecule has 0 spiro atoms. The molecular weight excluding hydrogens is 228 g/mol. The van der Waals surface area contributed by atoms with E-state index in [1.54, 1.807) is 12.2 Å². The van der Waals surface area contributed by atoms with Gasteiger partial charge in [-0.15, -0.1) is 0 Å². The summed E-state index contributed by atoms with van der Waals surface area (Å²) in [7, 11) is 0. The summed E-state index contributed by atoms with van der Waals surface area (Å²) < 4.78 is 0. The van der Waals surface area contributed by atoms with Crippen LogP contribution < -0.4 is 0 Å². The van der Waals surface area contributed by atoms with E-state index in [4.69, 9.17) is 0 Å². The van der Waals surface area contributed by atoms with Crippen LogP contribution in [-0.4, -0.2) is 25.2 Å². The molecule has 0 saturated heterocycles. The molecule has 2 unspecified atom stereocenters. The SMILES string of the molecule is O=C=NCCCC1CCCCC1CCCN=C=O. The van der Waals surface area contributed by atoms with E-state index in [0.717, 1.165) is 37.5 Å². The summed E-state index contributed by atoms with van der Waals surface area (Å²) in [5, 5.41) is 0. The first kappa shape index (κ1) is 14.8. The fourth-order valence-corrected chi connectivity index (χ4v) is 3.00. The molecule has 1 aliphatic rings. The van der Waals surface area contributed by atoms with E-state index in [9.17, 15) is 9.59 Å². The molecule has 2 atom stereocenters. The Hall–Kier alpha value is -1.24. The maximum atomic E-state index is 9.99. The smallest absolute Gasteiger partial charge is 0.211 e. The first-order valence-corrected chi connectivity index (χ1v) is 6.95. The number of hydrogen-bond acceptors (Lipinski definition) is 4. The van der Waals surface area contributed by atoms with Gasteiger partial charge in [-0.1, -0.05) is 25.7 Å². The Kier molecular flexibility index (Phi) is 8.03. The van der Waals surface area contributed by atoms with Crippen LogP contribution in [0.5, 0.6) is 0 Å². The van der Waals surface area contributed by atoms with Gasteiger partial charge in [0.15, 0.2) is 0 Å². The van der Waals surface area contributed by atoms with Crippen LogP contribution in [0.25, 0.3) is 0 Å². The standard InChI is InChI=1S/C14H22N2O2/c17-11-15-9-3-7-13-5-1-2-6-14(13)8-4-10-16-12-18/h13-14H,1-10H2. The Morgan fingerprint density at radius 1 is 0.833 bits per heavy atom. The zero-order valence-corrected chi connectivity index (χ0v) is 10.9. The van der Waals surface area contributed by atoms with Gasteiger partial charge in [0.2, 0.25) is 12.2 Å². The summed E-state index contributed by atoms with van der Waals surface area (Å²) in [5.74, 6) is 1.53. The summed E-state index contributed by atoms with van der Waals surface area (Å²) in [6.07, 6.45) is 12.7. The lowest BCUT2D eigenvalue weighted by Gasteiger charge is -2.31. The lowest BCUT2D eigenvalue weighted by atomic mass is 9.75. The lowest BCUT2D eigenvalue weighted by molar-refractivity contribution is 0.207. The molecule has 1 rings (SSSR count). The van der Waals surface area contributed by atoms with Crippen LogP contribution in [-0.2, 0) is 9.59 Å². The van der Waals surface area contributed by atoms with Gasteiger partial charge in [0.25, 0.3) is 0 Å². The van der Waals surface area contributed by atoms with Gasteiger partial charge in [-0.05, 0) is 37.5 Å². The number of nitrogens with zero attached hydrogens (tertiary/aromatic N) is 2. The number of rotatable bonds is 8. The van der Waals surface area contributed by atoms with Gasteiger partial charge < -0.3 is 0 Å². The van der Waals surface area contributed by atoms with Crippen LogP contribution in [0.2, 0.25) is 0 Å². The third-order valence-electron chi connectivity index (χ3n) is 3.89. The predicted octanol–water partition coefficient (Wildman–Crippen LogP) is 3.02. The van der Waals surface area contributed by atoms with E-state index >= 15 is 0 Å². The number of aliphatic imine (C=N–C) groups is 2. The summed E-state index contributed by atoms with van der Waals surface area (Å²) in [4.78, 5) is 27.2. The van der Waals surface area contributed by atoms with Crippen molar-refractivity contribution in [2.75, 3.05) is 13.1 Å². The third-order valence-corrected chi connectivity index (χ3v) is 3.89. The Morgan fingerprint density at radius 3 is 1.67 bits per heavy atom. The van der Waals surface area contributed by atoms with Crippen molar-refractivity contribution in [3.05, 3.63) is 0 Å². The minimum absolute atomic E-state index is 0.613. The van der Waals surface area contributed by atoms with Crippen molar-refractivity contribution in [2.45, 2.75) is 51.4 Å². The van der Waals surface area contributed by atoms with Crippen LogP contribution in [0.1, 0.15) is 51.4 Å². The average Bonchev–Trinajstić information content (AvgIpc) is 2.41. The molecule has 1 saturated carbocycles. The summed E-state index contributed by atoms with van der Waals surface area (Å²) in [6.45, 7) is 1.23. The summed E-state index contributed by atoms with van der Waals surface area (Å²) >= 11 is 0. The van der Waals surface area contributed by atoms with Crippen molar-refractivity contribution in [1.29, 1.82) is 0 Å². The van der Waals surface area contributed by atoms with Gasteiger partial charge in [-0.3, -0.25) is 0 Å². The molecule has 0 N–H and O–H groups in total. The Morgan fingerprint density at radius 2 is 1.28 bits per heavy atom.